The molecule has 1 unspecified atom stereocenters. The summed E-state index contributed by atoms with van der Waals surface area (Å²) in [4.78, 5) is 32.5. The molecule has 2 aromatic rings. The molecule has 1 amide bonds. The van der Waals surface area contributed by atoms with E-state index in [1.165, 1.54) is 18.1 Å². The van der Waals surface area contributed by atoms with Gasteiger partial charge in [0.05, 0.1) is 19.0 Å². The third kappa shape index (κ3) is 3.39. The maximum absolute atomic E-state index is 13.2. The van der Waals surface area contributed by atoms with Crippen LogP contribution in [-0.2, 0) is 20.5 Å². The Morgan fingerprint density at radius 2 is 2.08 bits per heavy atom. The van der Waals surface area contributed by atoms with Crippen LogP contribution in [0.2, 0.25) is 0 Å². The van der Waals surface area contributed by atoms with Crippen molar-refractivity contribution in [1.29, 1.82) is 0 Å². The topological polar surface area (TPSA) is 84.4 Å². The van der Waals surface area contributed by atoms with Crippen LogP contribution in [-0.4, -0.2) is 48.1 Å². The summed E-state index contributed by atoms with van der Waals surface area (Å²) in [6, 6.07) is 5.20. The summed E-state index contributed by atoms with van der Waals surface area (Å²) < 4.78 is 44.2. The zero-order chi connectivity index (χ0) is 18.9. The zero-order valence-corrected chi connectivity index (χ0v) is 13.7. The summed E-state index contributed by atoms with van der Waals surface area (Å²) in [5.74, 6) is -2.45. The number of methoxy groups -OCH3 is 1. The summed E-state index contributed by atoms with van der Waals surface area (Å²) in [6.07, 6.45) is -5.04. The SMILES string of the molecule is COC(=O)CC1C(=O)NCCN1c1nc(C(F)(F)F)nc2ccccc12. The van der Waals surface area contributed by atoms with Crippen molar-refractivity contribution < 1.29 is 27.5 Å². The highest BCUT2D eigenvalue weighted by Gasteiger charge is 2.38. The molecule has 1 aromatic heterocycles. The molecule has 26 heavy (non-hydrogen) atoms. The predicted octanol–water partition coefficient (Wildman–Crippen LogP) is 1.52. The van der Waals surface area contributed by atoms with E-state index in [1.807, 2.05) is 0 Å². The second-order valence-corrected chi connectivity index (χ2v) is 5.67. The Balaban J connectivity index is 2.14. The average molecular weight is 368 g/mol. The summed E-state index contributed by atoms with van der Waals surface area (Å²) in [5.41, 5.74) is 0.104. The molecule has 1 aliphatic rings. The molecule has 10 heteroatoms. The Morgan fingerprint density at radius 1 is 1.35 bits per heavy atom. The van der Waals surface area contributed by atoms with Crippen LogP contribution in [0, 0.1) is 0 Å². The first kappa shape index (κ1) is 17.9. The molecule has 0 bridgehead atoms. The van der Waals surface area contributed by atoms with Gasteiger partial charge >= 0.3 is 12.1 Å². The van der Waals surface area contributed by atoms with Gasteiger partial charge in [-0.1, -0.05) is 12.1 Å². The molecule has 1 saturated heterocycles. The molecule has 1 fully saturated rings. The number of alkyl halides is 3. The molecular formula is C16H15F3N4O3. The largest absolute Gasteiger partial charge is 0.469 e. The first-order chi connectivity index (χ1) is 12.3. The number of fused-ring (bicyclic) bond motifs is 1. The van der Waals surface area contributed by atoms with E-state index in [9.17, 15) is 22.8 Å². The van der Waals surface area contributed by atoms with E-state index in [4.69, 9.17) is 0 Å². The maximum Gasteiger partial charge on any atom is 0.451 e. The highest BCUT2D eigenvalue weighted by molar-refractivity contribution is 5.95. The normalized spacial score (nSPS) is 17.9. The van der Waals surface area contributed by atoms with E-state index in [1.54, 1.807) is 18.2 Å². The van der Waals surface area contributed by atoms with Gasteiger partial charge in [-0.05, 0) is 12.1 Å². The molecule has 0 aliphatic carbocycles. The lowest BCUT2D eigenvalue weighted by Gasteiger charge is -2.36. The Hall–Kier alpha value is -2.91. The van der Waals surface area contributed by atoms with Crippen LogP contribution in [0.15, 0.2) is 24.3 Å². The number of halogens is 3. The number of nitrogens with zero attached hydrogens (tertiary/aromatic N) is 3. The van der Waals surface area contributed by atoms with Gasteiger partial charge in [0.1, 0.15) is 11.9 Å². The molecule has 0 saturated carbocycles. The number of esters is 1. The van der Waals surface area contributed by atoms with Crippen molar-refractivity contribution in [2.45, 2.75) is 18.6 Å². The van der Waals surface area contributed by atoms with Crippen molar-refractivity contribution in [3.8, 4) is 0 Å². The van der Waals surface area contributed by atoms with Gasteiger partial charge < -0.3 is 15.0 Å². The van der Waals surface area contributed by atoms with Gasteiger partial charge in [0.2, 0.25) is 11.7 Å². The molecule has 3 rings (SSSR count). The van der Waals surface area contributed by atoms with Crippen LogP contribution in [0.25, 0.3) is 10.9 Å². The average Bonchev–Trinajstić information content (AvgIpc) is 2.61. The second-order valence-electron chi connectivity index (χ2n) is 5.67. The Morgan fingerprint density at radius 3 is 2.77 bits per heavy atom. The number of aromatic nitrogens is 2. The zero-order valence-electron chi connectivity index (χ0n) is 13.7. The predicted molar refractivity (Wildman–Crippen MR) is 85.3 cm³/mol. The lowest BCUT2D eigenvalue weighted by atomic mass is 10.1. The standard InChI is InChI=1S/C16H15F3N4O3/c1-26-12(24)8-11-14(25)20-6-7-23(11)13-9-4-2-3-5-10(9)21-15(22-13)16(17,18)19/h2-5,11H,6-8H2,1H3,(H,20,25). The second kappa shape index (κ2) is 6.77. The Bertz CT molecular complexity index is 856. The van der Waals surface area contributed by atoms with Crippen LogP contribution in [0.4, 0.5) is 19.0 Å². The smallest absolute Gasteiger partial charge is 0.451 e. The van der Waals surface area contributed by atoms with Crippen LogP contribution >= 0.6 is 0 Å². The Labute approximate surface area is 146 Å². The minimum atomic E-state index is -4.74. The molecule has 1 N–H and O–H groups in total. The van der Waals surface area contributed by atoms with Crippen molar-refractivity contribution in [3.63, 3.8) is 0 Å². The van der Waals surface area contributed by atoms with Crippen LogP contribution in [0.1, 0.15) is 12.2 Å². The number of nitrogens with one attached hydrogen (secondary N) is 1. The number of carbonyl (C=O) groups is 2. The fourth-order valence-electron chi connectivity index (χ4n) is 2.82. The number of hydrogen-bond acceptors (Lipinski definition) is 6. The number of amides is 1. The monoisotopic (exact) mass is 368 g/mol. The number of para-hydroxylation sites is 1. The summed E-state index contributed by atoms with van der Waals surface area (Å²) in [5, 5.41) is 2.97. The number of piperazine rings is 1. The first-order valence-electron chi connectivity index (χ1n) is 7.76. The minimum Gasteiger partial charge on any atom is -0.469 e. The van der Waals surface area contributed by atoms with Crippen molar-refractivity contribution in [3.05, 3.63) is 30.1 Å². The van der Waals surface area contributed by atoms with Gasteiger partial charge in [0, 0.05) is 18.5 Å². The van der Waals surface area contributed by atoms with Gasteiger partial charge in [-0.15, -0.1) is 0 Å². The summed E-state index contributed by atoms with van der Waals surface area (Å²) >= 11 is 0. The number of rotatable bonds is 3. The van der Waals surface area contributed by atoms with Gasteiger partial charge in [-0.2, -0.15) is 13.2 Å². The molecule has 2 heterocycles. The molecule has 138 valence electrons. The van der Waals surface area contributed by atoms with E-state index in [0.29, 0.717) is 5.39 Å². The molecule has 1 aliphatic heterocycles. The molecule has 1 atom stereocenters. The first-order valence-corrected chi connectivity index (χ1v) is 7.76. The van der Waals surface area contributed by atoms with Crippen LogP contribution < -0.4 is 10.2 Å². The fraction of sp³-hybridized carbons (Fsp3) is 0.375. The maximum atomic E-state index is 13.2. The number of anilines is 1. The summed E-state index contributed by atoms with van der Waals surface area (Å²) in [7, 11) is 1.18. The highest BCUT2D eigenvalue weighted by Crippen LogP contribution is 2.33. The van der Waals surface area contributed by atoms with E-state index in [2.05, 4.69) is 20.0 Å². The lowest BCUT2D eigenvalue weighted by molar-refractivity contribution is -0.145. The van der Waals surface area contributed by atoms with Gasteiger partial charge in [0.15, 0.2) is 0 Å². The molecule has 0 spiro atoms. The quantitative estimate of drug-likeness (QED) is 0.827. The van der Waals surface area contributed by atoms with Gasteiger partial charge in [-0.25, -0.2) is 9.97 Å². The molecule has 7 nitrogen and oxygen atoms in total. The lowest BCUT2D eigenvalue weighted by Crippen LogP contribution is -2.56. The minimum absolute atomic E-state index is 0.0355. The fourth-order valence-corrected chi connectivity index (χ4v) is 2.82. The van der Waals surface area contributed by atoms with Crippen molar-refractivity contribution in [2.24, 2.45) is 0 Å². The van der Waals surface area contributed by atoms with E-state index in [-0.39, 0.29) is 30.8 Å². The number of benzene rings is 1. The van der Waals surface area contributed by atoms with Crippen LogP contribution in [0.5, 0.6) is 0 Å². The molecular weight excluding hydrogens is 353 g/mol. The highest BCUT2D eigenvalue weighted by atomic mass is 19.4. The number of hydrogen-bond donors (Lipinski definition) is 1. The Kier molecular flexibility index (Phi) is 4.66. The van der Waals surface area contributed by atoms with E-state index < -0.39 is 29.9 Å². The third-order valence-electron chi connectivity index (χ3n) is 4.03. The molecule has 1 aromatic carbocycles. The van der Waals surface area contributed by atoms with Crippen molar-refractivity contribution in [2.75, 3.05) is 25.1 Å². The van der Waals surface area contributed by atoms with Crippen molar-refractivity contribution in [1.82, 2.24) is 15.3 Å². The van der Waals surface area contributed by atoms with Crippen LogP contribution in [0.3, 0.4) is 0 Å². The van der Waals surface area contributed by atoms with E-state index in [0.717, 1.165) is 0 Å². The van der Waals surface area contributed by atoms with Gasteiger partial charge in [0.25, 0.3) is 0 Å². The molecule has 0 radical (unpaired) electrons. The van der Waals surface area contributed by atoms with Crippen molar-refractivity contribution >= 4 is 28.6 Å². The van der Waals surface area contributed by atoms with Gasteiger partial charge in [-0.3, -0.25) is 9.59 Å². The van der Waals surface area contributed by atoms with E-state index >= 15 is 0 Å². The summed E-state index contributed by atoms with van der Waals surface area (Å²) in [6.45, 7) is 0.419. The number of ether oxygens (including phenoxy) is 1. The number of carbonyl (C=O) groups excluding carboxylic acids is 2. The third-order valence-corrected chi connectivity index (χ3v) is 4.03.